The third-order valence-corrected chi connectivity index (χ3v) is 6.66. The number of aromatic nitrogens is 1. The van der Waals surface area contributed by atoms with Crippen molar-refractivity contribution in [1.29, 1.82) is 0 Å². The monoisotopic (exact) mass is 526 g/mol. The Labute approximate surface area is 222 Å². The van der Waals surface area contributed by atoms with Crippen LogP contribution in [-0.2, 0) is 20.9 Å². The molecule has 1 aliphatic rings. The van der Waals surface area contributed by atoms with Crippen LogP contribution in [0.1, 0.15) is 50.5 Å². The maximum Gasteiger partial charge on any atom is 0.268 e. The van der Waals surface area contributed by atoms with E-state index < -0.39 is 42.2 Å². The lowest BCUT2D eigenvalue weighted by Crippen LogP contribution is -2.53. The predicted octanol–water partition coefficient (Wildman–Crippen LogP) is 1.94. The number of rotatable bonds is 13. The summed E-state index contributed by atoms with van der Waals surface area (Å²) in [6.07, 6.45) is 0.963. The molecule has 0 unspecified atom stereocenters. The number of aliphatic hydroxyl groups excluding tert-OH is 1. The molecule has 2 heterocycles. The van der Waals surface area contributed by atoms with Crippen LogP contribution in [0.2, 0.25) is 0 Å². The van der Waals surface area contributed by atoms with Gasteiger partial charge in [-0.25, -0.2) is 0 Å². The van der Waals surface area contributed by atoms with E-state index in [1.807, 2.05) is 43.5 Å². The van der Waals surface area contributed by atoms with Crippen LogP contribution in [-0.4, -0.2) is 65.5 Å². The van der Waals surface area contributed by atoms with Crippen LogP contribution >= 0.6 is 0 Å². The average molecular weight is 527 g/mol. The third-order valence-electron chi connectivity index (χ3n) is 6.66. The molecule has 1 aliphatic heterocycles. The van der Waals surface area contributed by atoms with Gasteiger partial charge in [-0.1, -0.05) is 32.1 Å². The molecule has 3 atom stereocenters. The van der Waals surface area contributed by atoms with Gasteiger partial charge in [-0.15, -0.1) is 0 Å². The number of aliphatic hydroxyl groups is 1. The number of Topliss-reactive ketones (excluding diaryl/α,β-unsaturated/α-hetero) is 1. The van der Waals surface area contributed by atoms with E-state index in [0.717, 1.165) is 16.5 Å². The van der Waals surface area contributed by atoms with Crippen LogP contribution in [0, 0.1) is 11.8 Å². The molecule has 0 saturated carbocycles. The van der Waals surface area contributed by atoms with Crippen molar-refractivity contribution in [2.75, 3.05) is 20.3 Å². The maximum atomic E-state index is 13.6. The summed E-state index contributed by atoms with van der Waals surface area (Å²) in [5.41, 5.74) is 1.99. The van der Waals surface area contributed by atoms with Crippen LogP contribution in [0.25, 0.3) is 10.9 Å². The van der Waals surface area contributed by atoms with Crippen molar-refractivity contribution in [2.45, 2.75) is 58.7 Å². The van der Waals surface area contributed by atoms with Crippen LogP contribution in [0.15, 0.2) is 36.4 Å². The number of ether oxygens (including phenoxy) is 1. The largest absolute Gasteiger partial charge is 0.496 e. The predicted molar refractivity (Wildman–Crippen MR) is 144 cm³/mol. The molecule has 3 amide bonds. The molecule has 206 valence electrons. The first-order valence-corrected chi connectivity index (χ1v) is 12.9. The van der Waals surface area contributed by atoms with E-state index >= 15 is 0 Å². The highest BCUT2D eigenvalue weighted by Crippen LogP contribution is 2.29. The Morgan fingerprint density at radius 2 is 1.97 bits per heavy atom. The quantitative estimate of drug-likeness (QED) is 0.294. The smallest absolute Gasteiger partial charge is 0.268 e. The summed E-state index contributed by atoms with van der Waals surface area (Å²) in [5, 5.41) is 18.5. The van der Waals surface area contributed by atoms with Gasteiger partial charge in [-0.3, -0.25) is 19.2 Å². The van der Waals surface area contributed by atoms with E-state index in [2.05, 4.69) is 22.5 Å². The second-order valence-electron chi connectivity index (χ2n) is 10.3. The standard InChI is InChI=1S/C28H38N4O6/c1-16(2)11-21(27(36)30-20(24(34)15-33)12-18-9-10-29-26(18)35)31-28(37)23-13-19-22(32(23)14-17(3)4)7-6-8-25(19)38-5/h6-8,13,16,18,20-21,33H,3,9-12,14-15H2,1-2,4-5H3,(H,29,35)(H,30,36)(H,31,37)/t18-,20+,21+/m1/s1. The van der Waals surface area contributed by atoms with Gasteiger partial charge in [0.2, 0.25) is 11.8 Å². The van der Waals surface area contributed by atoms with Crippen LogP contribution < -0.4 is 20.7 Å². The number of hydrogen-bond acceptors (Lipinski definition) is 6. The maximum absolute atomic E-state index is 13.6. The number of ketones is 1. The Bertz CT molecular complexity index is 1220. The van der Waals surface area contributed by atoms with Gasteiger partial charge in [0.05, 0.1) is 18.7 Å². The van der Waals surface area contributed by atoms with Gasteiger partial charge in [0.1, 0.15) is 24.1 Å². The van der Waals surface area contributed by atoms with Gasteiger partial charge in [0.25, 0.3) is 5.91 Å². The van der Waals surface area contributed by atoms with Crippen molar-refractivity contribution in [1.82, 2.24) is 20.5 Å². The van der Waals surface area contributed by atoms with E-state index in [9.17, 15) is 24.3 Å². The number of allylic oxidation sites excluding steroid dienone is 1. The lowest BCUT2D eigenvalue weighted by Gasteiger charge is -2.25. The van der Waals surface area contributed by atoms with Crippen molar-refractivity contribution in [3.05, 3.63) is 42.1 Å². The van der Waals surface area contributed by atoms with Gasteiger partial charge < -0.3 is 30.4 Å². The van der Waals surface area contributed by atoms with E-state index in [1.165, 1.54) is 0 Å². The SMILES string of the molecule is C=C(C)Cn1c(C(=O)N[C@@H](CC(C)C)C(=O)N[C@@H](C[C@H]2CCNC2=O)C(=O)CO)cc2c(OC)cccc21. The molecule has 3 rings (SSSR count). The second-order valence-corrected chi connectivity index (χ2v) is 10.3. The van der Waals surface area contributed by atoms with E-state index in [4.69, 9.17) is 4.74 Å². The molecule has 10 nitrogen and oxygen atoms in total. The number of nitrogens with one attached hydrogen (secondary N) is 3. The van der Waals surface area contributed by atoms with Gasteiger partial charge in [-0.05, 0) is 50.3 Å². The van der Waals surface area contributed by atoms with Gasteiger partial charge in [0.15, 0.2) is 5.78 Å². The topological polar surface area (TPSA) is 139 Å². The number of carbonyl (C=O) groups excluding carboxylic acids is 4. The first kappa shape index (κ1) is 28.9. The van der Waals surface area contributed by atoms with Gasteiger partial charge in [0, 0.05) is 24.4 Å². The van der Waals surface area contributed by atoms with E-state index in [1.54, 1.807) is 13.2 Å². The highest BCUT2D eigenvalue weighted by Gasteiger charge is 2.33. The molecule has 1 saturated heterocycles. The number of amides is 3. The Kier molecular flexibility index (Phi) is 9.68. The summed E-state index contributed by atoms with van der Waals surface area (Å²) in [7, 11) is 1.56. The average Bonchev–Trinajstić information content (AvgIpc) is 3.44. The van der Waals surface area contributed by atoms with E-state index in [0.29, 0.717) is 37.4 Å². The lowest BCUT2D eigenvalue weighted by atomic mass is 9.95. The van der Waals surface area contributed by atoms with E-state index in [-0.39, 0.29) is 18.2 Å². The van der Waals surface area contributed by atoms with Crippen molar-refractivity contribution < 1.29 is 29.0 Å². The Morgan fingerprint density at radius 3 is 2.55 bits per heavy atom. The molecule has 0 bridgehead atoms. The number of hydrogen-bond donors (Lipinski definition) is 4. The molecule has 2 aromatic rings. The summed E-state index contributed by atoms with van der Waals surface area (Å²) in [6.45, 7) is 9.85. The van der Waals surface area contributed by atoms with Crippen molar-refractivity contribution in [3.63, 3.8) is 0 Å². The summed E-state index contributed by atoms with van der Waals surface area (Å²) in [6, 6.07) is 5.30. The number of benzene rings is 1. The van der Waals surface area contributed by atoms with Crippen molar-refractivity contribution >= 4 is 34.4 Å². The minimum Gasteiger partial charge on any atom is -0.496 e. The Morgan fingerprint density at radius 1 is 1.24 bits per heavy atom. The Hall–Kier alpha value is -3.66. The fourth-order valence-electron chi connectivity index (χ4n) is 4.81. The summed E-state index contributed by atoms with van der Waals surface area (Å²) in [4.78, 5) is 51.4. The van der Waals surface area contributed by atoms with Crippen LogP contribution in [0.3, 0.4) is 0 Å². The number of methoxy groups -OCH3 is 1. The normalized spacial score (nSPS) is 16.7. The fourth-order valence-corrected chi connectivity index (χ4v) is 4.81. The van der Waals surface area contributed by atoms with Crippen LogP contribution in [0.5, 0.6) is 5.75 Å². The summed E-state index contributed by atoms with van der Waals surface area (Å²) >= 11 is 0. The number of carbonyl (C=O) groups is 4. The van der Waals surface area contributed by atoms with Gasteiger partial charge >= 0.3 is 0 Å². The highest BCUT2D eigenvalue weighted by atomic mass is 16.5. The van der Waals surface area contributed by atoms with Crippen molar-refractivity contribution in [2.24, 2.45) is 11.8 Å². The minimum atomic E-state index is -1.04. The molecular weight excluding hydrogens is 488 g/mol. The summed E-state index contributed by atoms with van der Waals surface area (Å²) < 4.78 is 7.31. The number of nitrogens with zero attached hydrogens (tertiary/aromatic N) is 1. The molecular formula is C28H38N4O6. The highest BCUT2D eigenvalue weighted by molar-refractivity contribution is 6.02. The Balaban J connectivity index is 1.87. The molecule has 0 aliphatic carbocycles. The zero-order chi connectivity index (χ0) is 28.0. The minimum absolute atomic E-state index is 0.0556. The van der Waals surface area contributed by atoms with Gasteiger partial charge in [-0.2, -0.15) is 0 Å². The lowest BCUT2D eigenvalue weighted by molar-refractivity contribution is -0.131. The molecule has 10 heteroatoms. The van der Waals surface area contributed by atoms with Crippen molar-refractivity contribution in [3.8, 4) is 5.75 Å². The number of fused-ring (bicyclic) bond motifs is 1. The fraction of sp³-hybridized carbons (Fsp3) is 0.500. The van der Waals surface area contributed by atoms with Crippen LogP contribution in [0.4, 0.5) is 0 Å². The first-order valence-electron chi connectivity index (χ1n) is 12.9. The molecule has 0 spiro atoms. The zero-order valence-corrected chi connectivity index (χ0v) is 22.5. The molecule has 1 aromatic heterocycles. The zero-order valence-electron chi connectivity index (χ0n) is 22.5. The second kappa shape index (κ2) is 12.7. The first-order chi connectivity index (χ1) is 18.0. The summed E-state index contributed by atoms with van der Waals surface area (Å²) in [5.74, 6) is -1.51. The molecule has 0 radical (unpaired) electrons. The molecule has 38 heavy (non-hydrogen) atoms. The third kappa shape index (κ3) is 6.80. The molecule has 1 fully saturated rings. The molecule has 1 aromatic carbocycles. The molecule has 4 N–H and O–H groups in total.